The number of Topliss-reactive ketones (excluding diaryl/α,β-unsaturated/α-hetero) is 2. The summed E-state index contributed by atoms with van der Waals surface area (Å²) in [5, 5.41) is 13.2. The molecule has 0 radical (unpaired) electrons. The minimum absolute atomic E-state index is 0.0274. The van der Waals surface area contributed by atoms with E-state index in [9.17, 15) is 23.6 Å². The van der Waals surface area contributed by atoms with Gasteiger partial charge in [-0.1, -0.05) is 19.1 Å². The number of aromatic nitrogens is 2. The van der Waals surface area contributed by atoms with Crippen LogP contribution in [0.1, 0.15) is 30.4 Å². The van der Waals surface area contributed by atoms with Crippen LogP contribution in [0.25, 0.3) is 0 Å². The lowest BCUT2D eigenvalue weighted by Gasteiger charge is -2.22. The van der Waals surface area contributed by atoms with E-state index in [0.29, 0.717) is 5.75 Å². The Balaban J connectivity index is 2.43. The van der Waals surface area contributed by atoms with Crippen molar-refractivity contribution in [1.82, 2.24) is 9.78 Å². The second-order valence-electron chi connectivity index (χ2n) is 6.91. The predicted octanol–water partition coefficient (Wildman–Crippen LogP) is 0.930. The molecule has 9 nitrogen and oxygen atoms in total. The smallest absolute Gasteiger partial charge is 0.321 e. The number of nitrogens with zero attached hydrogens (tertiary/aromatic N) is 2. The number of carbonyl (C=O) groups excluding carboxylic acids is 2. The third-order valence-electron chi connectivity index (χ3n) is 4.96. The highest BCUT2D eigenvalue weighted by Crippen LogP contribution is 2.24. The van der Waals surface area contributed by atoms with E-state index < -0.39 is 47.6 Å². The summed E-state index contributed by atoms with van der Waals surface area (Å²) in [5.74, 6) is -6.19. The number of benzene rings is 1. The van der Waals surface area contributed by atoms with Gasteiger partial charge >= 0.3 is 5.97 Å². The van der Waals surface area contributed by atoms with E-state index in [1.165, 1.54) is 19.4 Å². The first-order valence-electron chi connectivity index (χ1n) is 9.54. The van der Waals surface area contributed by atoms with E-state index >= 15 is 0 Å². The molecule has 3 N–H and O–H groups in total. The van der Waals surface area contributed by atoms with Crippen molar-refractivity contribution in [3.05, 3.63) is 58.0 Å². The SMILES string of the molecule is CCC(C(=O)C(C(=O)CF)C(N)C(=O)O)c1ccnn(Cc2cccc(OC)c2)c1=O. The Labute approximate surface area is 177 Å². The van der Waals surface area contributed by atoms with Gasteiger partial charge in [0.05, 0.1) is 13.7 Å². The minimum Gasteiger partial charge on any atom is -0.497 e. The number of alkyl halides is 1. The third kappa shape index (κ3) is 5.40. The van der Waals surface area contributed by atoms with E-state index in [1.807, 2.05) is 0 Å². The van der Waals surface area contributed by atoms with E-state index in [0.717, 1.165) is 10.2 Å². The molecule has 10 heteroatoms. The van der Waals surface area contributed by atoms with Crippen molar-refractivity contribution in [2.45, 2.75) is 31.8 Å². The molecule has 2 aromatic rings. The van der Waals surface area contributed by atoms with Crippen LogP contribution in [-0.4, -0.2) is 52.2 Å². The number of methoxy groups -OCH3 is 1. The van der Waals surface area contributed by atoms with Crippen LogP contribution in [0.3, 0.4) is 0 Å². The first-order valence-corrected chi connectivity index (χ1v) is 9.54. The maximum absolute atomic E-state index is 13.0. The molecule has 0 fully saturated rings. The second-order valence-corrected chi connectivity index (χ2v) is 6.91. The summed E-state index contributed by atoms with van der Waals surface area (Å²) in [4.78, 5) is 49.2. The van der Waals surface area contributed by atoms with Gasteiger partial charge in [0.25, 0.3) is 5.56 Å². The zero-order valence-electron chi connectivity index (χ0n) is 17.2. The van der Waals surface area contributed by atoms with Gasteiger partial charge in [0.2, 0.25) is 0 Å². The number of nitrogens with two attached hydrogens (primary N) is 1. The van der Waals surface area contributed by atoms with Crippen LogP contribution in [0.2, 0.25) is 0 Å². The molecule has 0 saturated carbocycles. The average molecular weight is 433 g/mol. The summed E-state index contributed by atoms with van der Waals surface area (Å²) in [5.41, 5.74) is 5.66. The van der Waals surface area contributed by atoms with Crippen LogP contribution in [0.5, 0.6) is 5.75 Å². The average Bonchev–Trinajstić information content (AvgIpc) is 2.76. The molecule has 1 aromatic carbocycles. The highest BCUT2D eigenvalue weighted by Gasteiger charge is 2.40. The van der Waals surface area contributed by atoms with Crippen LogP contribution in [0, 0.1) is 5.92 Å². The van der Waals surface area contributed by atoms with Gasteiger partial charge in [-0.05, 0) is 30.2 Å². The van der Waals surface area contributed by atoms with Crippen LogP contribution in [0.15, 0.2) is 41.3 Å². The molecule has 0 spiro atoms. The Morgan fingerprint density at radius 2 is 2.00 bits per heavy atom. The zero-order valence-corrected chi connectivity index (χ0v) is 17.2. The van der Waals surface area contributed by atoms with Crippen LogP contribution in [-0.2, 0) is 20.9 Å². The number of carbonyl (C=O) groups is 3. The number of ketones is 2. The van der Waals surface area contributed by atoms with Gasteiger partial charge < -0.3 is 15.6 Å². The molecular weight excluding hydrogens is 409 g/mol. The van der Waals surface area contributed by atoms with Gasteiger partial charge in [0, 0.05) is 17.7 Å². The highest BCUT2D eigenvalue weighted by molar-refractivity contribution is 6.09. The van der Waals surface area contributed by atoms with E-state index in [4.69, 9.17) is 15.6 Å². The van der Waals surface area contributed by atoms with E-state index in [2.05, 4.69) is 5.10 Å². The van der Waals surface area contributed by atoms with Gasteiger partial charge in [-0.25, -0.2) is 9.07 Å². The molecule has 31 heavy (non-hydrogen) atoms. The van der Waals surface area contributed by atoms with Gasteiger partial charge in [-0.2, -0.15) is 5.10 Å². The lowest BCUT2D eigenvalue weighted by Crippen LogP contribution is -2.48. The third-order valence-corrected chi connectivity index (χ3v) is 4.96. The molecule has 0 aliphatic rings. The lowest BCUT2D eigenvalue weighted by atomic mass is 9.81. The number of halogens is 1. The normalized spacial score (nSPS) is 13.8. The Hall–Kier alpha value is -3.40. The summed E-state index contributed by atoms with van der Waals surface area (Å²) >= 11 is 0. The lowest BCUT2D eigenvalue weighted by molar-refractivity contribution is -0.147. The monoisotopic (exact) mass is 433 g/mol. The Morgan fingerprint density at radius 1 is 1.29 bits per heavy atom. The maximum atomic E-state index is 13.0. The largest absolute Gasteiger partial charge is 0.497 e. The molecule has 0 amide bonds. The fraction of sp³-hybridized carbons (Fsp3) is 0.381. The predicted molar refractivity (Wildman–Crippen MR) is 109 cm³/mol. The van der Waals surface area contributed by atoms with Gasteiger partial charge in [-0.15, -0.1) is 0 Å². The highest BCUT2D eigenvalue weighted by atomic mass is 19.1. The number of hydrogen-bond donors (Lipinski definition) is 2. The first kappa shape index (κ1) is 23.9. The number of carboxylic acids is 1. The fourth-order valence-corrected chi connectivity index (χ4v) is 3.34. The molecule has 0 aliphatic carbocycles. The van der Waals surface area contributed by atoms with Crippen LogP contribution >= 0.6 is 0 Å². The number of ether oxygens (including phenoxy) is 1. The molecule has 0 saturated heterocycles. The standard InChI is InChI=1S/C21H24FN3O6/c1-3-14(19(27)17(16(26)10-22)18(23)21(29)30)15-7-8-24-25(20(15)28)11-12-5-4-6-13(9-12)31-2/h4-9,14,17-18H,3,10-11,23H2,1-2H3,(H,29,30). The number of carboxylic acid groups (broad SMARTS) is 1. The molecule has 166 valence electrons. The Bertz CT molecular complexity index is 1020. The number of rotatable bonds is 11. The van der Waals surface area contributed by atoms with E-state index in [1.54, 1.807) is 31.2 Å². The summed E-state index contributed by atoms with van der Waals surface area (Å²) in [6, 6.07) is 6.42. The number of aliphatic carboxylic acids is 1. The van der Waals surface area contributed by atoms with Crippen LogP contribution < -0.4 is 16.0 Å². The molecule has 0 aliphatic heterocycles. The van der Waals surface area contributed by atoms with Crippen LogP contribution in [0.4, 0.5) is 4.39 Å². The van der Waals surface area contributed by atoms with Gasteiger partial charge in [0.1, 0.15) is 24.4 Å². The van der Waals surface area contributed by atoms with Crippen molar-refractivity contribution in [1.29, 1.82) is 0 Å². The van der Waals surface area contributed by atoms with E-state index in [-0.39, 0.29) is 18.5 Å². The molecule has 3 atom stereocenters. The molecular formula is C21H24FN3O6. The maximum Gasteiger partial charge on any atom is 0.321 e. The minimum atomic E-state index is -1.91. The quantitative estimate of drug-likeness (QED) is 0.499. The van der Waals surface area contributed by atoms with Crippen molar-refractivity contribution in [2.24, 2.45) is 11.7 Å². The second kappa shape index (κ2) is 10.6. The zero-order chi connectivity index (χ0) is 23.1. The molecule has 3 unspecified atom stereocenters. The van der Waals surface area contributed by atoms with Crippen molar-refractivity contribution in [3.63, 3.8) is 0 Å². The summed E-state index contributed by atoms with van der Waals surface area (Å²) in [6.45, 7) is 0.151. The Morgan fingerprint density at radius 3 is 2.58 bits per heavy atom. The van der Waals surface area contributed by atoms with Crippen molar-refractivity contribution < 1.29 is 28.6 Å². The summed E-state index contributed by atoms with van der Waals surface area (Å²) < 4.78 is 19.3. The molecule has 2 rings (SSSR count). The molecule has 1 heterocycles. The molecule has 0 bridgehead atoms. The topological polar surface area (TPSA) is 142 Å². The summed E-state index contributed by atoms with van der Waals surface area (Å²) in [7, 11) is 1.51. The van der Waals surface area contributed by atoms with Gasteiger partial charge in [0.15, 0.2) is 11.6 Å². The number of hydrogen-bond acceptors (Lipinski definition) is 7. The summed E-state index contributed by atoms with van der Waals surface area (Å²) in [6.07, 6.45) is 1.41. The van der Waals surface area contributed by atoms with Gasteiger partial charge in [-0.3, -0.25) is 19.2 Å². The first-order chi connectivity index (χ1) is 14.7. The van der Waals surface area contributed by atoms with Crippen molar-refractivity contribution >= 4 is 17.5 Å². The fourth-order valence-electron chi connectivity index (χ4n) is 3.34. The van der Waals surface area contributed by atoms with Crippen molar-refractivity contribution in [3.8, 4) is 5.75 Å². The van der Waals surface area contributed by atoms with Crippen molar-refractivity contribution in [2.75, 3.05) is 13.8 Å². The Kier molecular flexibility index (Phi) is 8.14. The molecule has 1 aromatic heterocycles.